The van der Waals surface area contributed by atoms with Crippen LogP contribution < -0.4 is 4.90 Å². The normalized spacial score (nSPS) is 17.7. The number of carbonyl (C=O) groups is 1. The molecular weight excluding hydrogens is 490 g/mol. The van der Waals surface area contributed by atoms with E-state index in [0.717, 1.165) is 61.1 Å². The molecule has 2 saturated heterocycles. The topological polar surface area (TPSA) is 52.6 Å². The summed E-state index contributed by atoms with van der Waals surface area (Å²) in [5.74, 6) is 1.51. The standard InChI is InChI=1S/C31H31N5OS/c37-28(21-38-31-30(36-15-7-8-16-36)32-26-13-5-6-14-27(26)33-31)34-17-19-35(20-18-34)29-24-11-3-1-9-22(24)23-10-2-4-12-25(23)29/h1-6,9-14,29H,7-8,15-21H2. The summed E-state index contributed by atoms with van der Waals surface area (Å²) in [4.78, 5) is 30.1. The highest BCUT2D eigenvalue weighted by molar-refractivity contribution is 8.00. The summed E-state index contributed by atoms with van der Waals surface area (Å²) in [5.41, 5.74) is 7.25. The van der Waals surface area contributed by atoms with Gasteiger partial charge in [0.2, 0.25) is 5.91 Å². The molecule has 7 heteroatoms. The van der Waals surface area contributed by atoms with Gasteiger partial charge in [0.05, 0.1) is 22.8 Å². The van der Waals surface area contributed by atoms with E-state index < -0.39 is 0 Å². The largest absolute Gasteiger partial charge is 0.354 e. The van der Waals surface area contributed by atoms with Crippen LogP contribution in [0.1, 0.15) is 30.0 Å². The van der Waals surface area contributed by atoms with Crippen LogP contribution in [0.3, 0.4) is 0 Å². The lowest BCUT2D eigenvalue weighted by Crippen LogP contribution is -2.50. The zero-order chi connectivity index (χ0) is 25.5. The van der Waals surface area contributed by atoms with Crippen molar-refractivity contribution in [3.8, 4) is 11.1 Å². The molecule has 1 aliphatic carbocycles. The summed E-state index contributed by atoms with van der Waals surface area (Å²) < 4.78 is 0. The van der Waals surface area contributed by atoms with Gasteiger partial charge in [-0.2, -0.15) is 0 Å². The Kier molecular flexibility index (Phi) is 6.26. The fourth-order valence-corrected chi connectivity index (χ4v) is 7.09. The van der Waals surface area contributed by atoms with Crippen molar-refractivity contribution in [2.24, 2.45) is 0 Å². The third kappa shape index (κ3) is 4.24. The van der Waals surface area contributed by atoms with E-state index in [1.807, 2.05) is 29.2 Å². The van der Waals surface area contributed by atoms with E-state index in [9.17, 15) is 4.79 Å². The average molecular weight is 522 g/mol. The number of benzene rings is 3. The lowest BCUT2D eigenvalue weighted by Gasteiger charge is -2.38. The molecule has 0 saturated carbocycles. The summed E-state index contributed by atoms with van der Waals surface area (Å²) in [6, 6.07) is 25.8. The SMILES string of the molecule is O=C(CSc1nc2ccccc2nc1N1CCCC1)N1CCN(C2c3ccccc3-c3ccccc32)CC1. The maximum absolute atomic E-state index is 13.3. The number of hydrogen-bond acceptors (Lipinski definition) is 6. The van der Waals surface area contributed by atoms with E-state index in [1.165, 1.54) is 46.9 Å². The molecule has 3 heterocycles. The molecule has 0 unspecified atom stereocenters. The first-order valence-electron chi connectivity index (χ1n) is 13.6. The van der Waals surface area contributed by atoms with Gasteiger partial charge >= 0.3 is 0 Å². The van der Waals surface area contributed by atoms with Gasteiger partial charge in [-0.05, 0) is 47.2 Å². The van der Waals surface area contributed by atoms with Crippen molar-refractivity contribution in [2.75, 3.05) is 49.9 Å². The second-order valence-corrected chi connectivity index (χ2v) is 11.3. The summed E-state index contributed by atoms with van der Waals surface area (Å²) in [6.45, 7) is 5.26. The van der Waals surface area contributed by atoms with Crippen LogP contribution in [-0.4, -0.2) is 70.7 Å². The second-order valence-electron chi connectivity index (χ2n) is 10.3. The second kappa shape index (κ2) is 10.0. The molecule has 0 atom stereocenters. The molecule has 0 spiro atoms. The Morgan fingerprint density at radius 2 is 1.32 bits per heavy atom. The smallest absolute Gasteiger partial charge is 0.233 e. The molecule has 1 amide bonds. The molecule has 7 rings (SSSR count). The van der Waals surface area contributed by atoms with E-state index in [2.05, 4.69) is 58.3 Å². The van der Waals surface area contributed by atoms with Crippen molar-refractivity contribution >= 4 is 34.5 Å². The zero-order valence-electron chi connectivity index (χ0n) is 21.4. The van der Waals surface area contributed by atoms with E-state index in [4.69, 9.17) is 9.97 Å². The molecule has 38 heavy (non-hydrogen) atoms. The molecule has 4 aromatic rings. The first kappa shape index (κ1) is 23.7. The first-order valence-corrected chi connectivity index (χ1v) is 14.6. The molecule has 3 aromatic carbocycles. The van der Waals surface area contributed by atoms with Crippen molar-refractivity contribution in [2.45, 2.75) is 23.9 Å². The minimum Gasteiger partial charge on any atom is -0.354 e. The van der Waals surface area contributed by atoms with E-state index >= 15 is 0 Å². The van der Waals surface area contributed by atoms with Gasteiger partial charge in [0.25, 0.3) is 0 Å². The van der Waals surface area contributed by atoms with Crippen LogP contribution >= 0.6 is 11.8 Å². The summed E-state index contributed by atoms with van der Waals surface area (Å²) in [7, 11) is 0. The molecule has 6 nitrogen and oxygen atoms in total. The van der Waals surface area contributed by atoms with Gasteiger partial charge in [0, 0.05) is 39.3 Å². The van der Waals surface area contributed by atoms with Gasteiger partial charge in [-0.25, -0.2) is 9.97 Å². The van der Waals surface area contributed by atoms with Crippen molar-refractivity contribution in [3.63, 3.8) is 0 Å². The number of anilines is 1. The number of fused-ring (bicyclic) bond motifs is 4. The molecule has 192 valence electrons. The summed E-state index contributed by atoms with van der Waals surface area (Å²) in [5, 5.41) is 0.872. The minimum absolute atomic E-state index is 0.184. The molecule has 1 aromatic heterocycles. The number of thioether (sulfide) groups is 1. The van der Waals surface area contributed by atoms with E-state index in [0.29, 0.717) is 5.75 Å². The lowest BCUT2D eigenvalue weighted by atomic mass is 10.0. The zero-order valence-corrected chi connectivity index (χ0v) is 22.2. The Balaban J connectivity index is 1.04. The molecule has 2 fully saturated rings. The molecular formula is C31H31N5OS. The van der Waals surface area contributed by atoms with Gasteiger partial charge < -0.3 is 9.80 Å². The van der Waals surface area contributed by atoms with Gasteiger partial charge in [0.1, 0.15) is 5.03 Å². The maximum atomic E-state index is 13.3. The van der Waals surface area contributed by atoms with Crippen molar-refractivity contribution < 1.29 is 4.79 Å². The van der Waals surface area contributed by atoms with E-state index in [-0.39, 0.29) is 11.9 Å². The van der Waals surface area contributed by atoms with Crippen LogP contribution in [0.15, 0.2) is 77.8 Å². The monoisotopic (exact) mass is 521 g/mol. The fourth-order valence-electron chi connectivity index (χ4n) is 6.18. The number of amides is 1. The molecule has 2 aliphatic heterocycles. The number of hydrogen-bond donors (Lipinski definition) is 0. The first-order chi connectivity index (χ1) is 18.8. The van der Waals surface area contributed by atoms with Crippen molar-refractivity contribution in [3.05, 3.63) is 83.9 Å². The third-order valence-corrected chi connectivity index (χ3v) is 9.03. The van der Waals surface area contributed by atoms with Crippen LogP contribution in [-0.2, 0) is 4.79 Å². The Morgan fingerprint density at radius 1 is 0.737 bits per heavy atom. The Bertz CT molecular complexity index is 1450. The van der Waals surface area contributed by atoms with Crippen LogP contribution in [0, 0.1) is 0 Å². The highest BCUT2D eigenvalue weighted by Gasteiger charge is 2.35. The predicted molar refractivity (Wildman–Crippen MR) is 154 cm³/mol. The van der Waals surface area contributed by atoms with E-state index in [1.54, 1.807) is 0 Å². The molecule has 0 bridgehead atoms. The van der Waals surface area contributed by atoms with Gasteiger partial charge in [-0.15, -0.1) is 0 Å². The third-order valence-electron chi connectivity index (χ3n) is 8.09. The number of para-hydroxylation sites is 2. The number of piperazine rings is 1. The predicted octanol–water partition coefficient (Wildman–Crippen LogP) is 5.24. The number of carbonyl (C=O) groups excluding carboxylic acids is 1. The van der Waals surface area contributed by atoms with Crippen LogP contribution in [0.5, 0.6) is 0 Å². The number of rotatable bonds is 5. The quantitative estimate of drug-likeness (QED) is 0.335. The summed E-state index contributed by atoms with van der Waals surface area (Å²) in [6.07, 6.45) is 2.36. The average Bonchev–Trinajstić information content (AvgIpc) is 3.62. The van der Waals surface area contributed by atoms with Gasteiger partial charge in [-0.3, -0.25) is 9.69 Å². The number of nitrogens with zero attached hydrogens (tertiary/aromatic N) is 5. The van der Waals surface area contributed by atoms with Crippen LogP contribution in [0.2, 0.25) is 0 Å². The summed E-state index contributed by atoms with van der Waals surface area (Å²) >= 11 is 1.54. The van der Waals surface area contributed by atoms with Gasteiger partial charge in [0.15, 0.2) is 5.82 Å². The fraction of sp³-hybridized carbons (Fsp3) is 0.323. The van der Waals surface area contributed by atoms with Gasteiger partial charge in [-0.1, -0.05) is 72.4 Å². The maximum Gasteiger partial charge on any atom is 0.233 e. The van der Waals surface area contributed by atoms with Crippen LogP contribution in [0.4, 0.5) is 5.82 Å². The van der Waals surface area contributed by atoms with Crippen LogP contribution in [0.25, 0.3) is 22.2 Å². The molecule has 3 aliphatic rings. The highest BCUT2D eigenvalue weighted by atomic mass is 32.2. The Labute approximate surface area is 227 Å². The highest BCUT2D eigenvalue weighted by Crippen LogP contribution is 2.46. The van der Waals surface area contributed by atoms with Crippen molar-refractivity contribution in [1.82, 2.24) is 19.8 Å². The molecule has 0 radical (unpaired) electrons. The Hall–Kier alpha value is -3.42. The lowest BCUT2D eigenvalue weighted by molar-refractivity contribution is -0.130. The molecule has 0 N–H and O–H groups in total. The minimum atomic E-state index is 0.184. The van der Waals surface area contributed by atoms with Crippen molar-refractivity contribution in [1.29, 1.82) is 0 Å². The Morgan fingerprint density at radius 3 is 1.97 bits per heavy atom. The number of aromatic nitrogens is 2.